The number of hydrogen-bond acceptors (Lipinski definition) is 5. The molecule has 160 valence electrons. The van der Waals surface area contributed by atoms with Gasteiger partial charge in [-0.15, -0.1) is 10.2 Å². The van der Waals surface area contributed by atoms with E-state index in [4.69, 9.17) is 0 Å². The Morgan fingerprint density at radius 1 is 1.10 bits per heavy atom. The van der Waals surface area contributed by atoms with Crippen LogP contribution >= 0.6 is 11.3 Å². The van der Waals surface area contributed by atoms with E-state index >= 15 is 0 Å². The lowest BCUT2D eigenvalue weighted by Crippen LogP contribution is -2.41. The van der Waals surface area contributed by atoms with Crippen LogP contribution < -0.4 is 10.6 Å². The summed E-state index contributed by atoms with van der Waals surface area (Å²) in [5, 5.41) is 14.7. The number of hydrogen-bond donors (Lipinski definition) is 2. The third-order valence-corrected chi connectivity index (χ3v) is 6.20. The Morgan fingerprint density at radius 3 is 2.65 bits per heavy atom. The zero-order valence-corrected chi connectivity index (χ0v) is 17.8. The number of piperidine rings is 1. The fourth-order valence-corrected chi connectivity index (χ4v) is 4.30. The second-order valence-corrected chi connectivity index (χ2v) is 8.47. The highest BCUT2D eigenvalue weighted by atomic mass is 32.1. The van der Waals surface area contributed by atoms with E-state index in [-0.39, 0.29) is 28.6 Å². The minimum atomic E-state index is -0.474. The maximum atomic E-state index is 13.8. The normalized spacial score (nSPS) is 16.1. The van der Waals surface area contributed by atoms with E-state index in [1.807, 2.05) is 31.2 Å². The first-order chi connectivity index (χ1) is 15.0. The zero-order chi connectivity index (χ0) is 21.8. The third kappa shape index (κ3) is 5.05. The van der Waals surface area contributed by atoms with Gasteiger partial charge in [0.15, 0.2) is 0 Å². The predicted molar refractivity (Wildman–Crippen MR) is 118 cm³/mol. The first-order valence-corrected chi connectivity index (χ1v) is 10.8. The zero-order valence-electron chi connectivity index (χ0n) is 17.0. The fourth-order valence-electron chi connectivity index (χ4n) is 3.43. The Labute approximate surface area is 183 Å². The fraction of sp³-hybridized carbons (Fsp3) is 0.273. The van der Waals surface area contributed by atoms with Crippen LogP contribution in [0, 0.1) is 12.7 Å². The van der Waals surface area contributed by atoms with Gasteiger partial charge >= 0.3 is 6.03 Å². The van der Waals surface area contributed by atoms with Gasteiger partial charge in [-0.3, -0.25) is 4.79 Å². The summed E-state index contributed by atoms with van der Waals surface area (Å²) >= 11 is 1.24. The number of rotatable bonds is 4. The average molecular weight is 440 g/mol. The molecule has 1 aliphatic heterocycles. The highest BCUT2D eigenvalue weighted by Crippen LogP contribution is 2.30. The van der Waals surface area contributed by atoms with E-state index < -0.39 is 5.82 Å². The largest absolute Gasteiger partial charge is 0.324 e. The van der Waals surface area contributed by atoms with Crippen molar-refractivity contribution in [3.8, 4) is 0 Å². The van der Waals surface area contributed by atoms with Gasteiger partial charge in [-0.05, 0) is 44.0 Å². The van der Waals surface area contributed by atoms with E-state index in [2.05, 4.69) is 20.8 Å². The summed E-state index contributed by atoms with van der Waals surface area (Å²) in [7, 11) is 0. The first-order valence-electron chi connectivity index (χ1n) is 10.0. The highest BCUT2D eigenvalue weighted by Gasteiger charge is 2.28. The van der Waals surface area contributed by atoms with Crippen LogP contribution in [0.1, 0.15) is 39.1 Å². The summed E-state index contributed by atoms with van der Waals surface area (Å²) in [5.74, 6) is -0.797. The number of amides is 3. The number of carbonyl (C=O) groups excluding carboxylic acids is 2. The molecule has 7 nitrogen and oxygen atoms in total. The van der Waals surface area contributed by atoms with Crippen molar-refractivity contribution in [1.82, 2.24) is 15.1 Å². The van der Waals surface area contributed by atoms with Crippen molar-refractivity contribution in [2.24, 2.45) is 0 Å². The highest BCUT2D eigenvalue weighted by molar-refractivity contribution is 7.13. The van der Waals surface area contributed by atoms with Crippen molar-refractivity contribution in [3.05, 3.63) is 69.9 Å². The molecule has 0 aliphatic carbocycles. The Kier molecular flexibility index (Phi) is 6.22. The molecule has 2 heterocycles. The maximum absolute atomic E-state index is 13.8. The van der Waals surface area contributed by atoms with E-state index in [1.54, 1.807) is 17.0 Å². The number of nitrogens with zero attached hydrogens (tertiary/aromatic N) is 3. The molecule has 1 fully saturated rings. The molecular weight excluding hydrogens is 417 g/mol. The molecule has 1 atom stereocenters. The van der Waals surface area contributed by atoms with E-state index in [1.165, 1.54) is 23.5 Å². The Hall–Kier alpha value is -3.33. The number of likely N-dealkylation sites (tertiary alicyclic amines) is 1. The molecule has 0 spiro atoms. The molecule has 1 aliphatic rings. The molecule has 0 bridgehead atoms. The van der Waals surface area contributed by atoms with E-state index in [0.717, 1.165) is 23.4 Å². The summed E-state index contributed by atoms with van der Waals surface area (Å²) in [6, 6.07) is 13.2. The maximum Gasteiger partial charge on any atom is 0.321 e. The van der Waals surface area contributed by atoms with Gasteiger partial charge in [0.05, 0.1) is 5.69 Å². The minimum absolute atomic E-state index is 0.0152. The van der Waals surface area contributed by atoms with Crippen LogP contribution in [-0.4, -0.2) is 40.1 Å². The molecule has 2 N–H and O–H groups in total. The molecule has 31 heavy (non-hydrogen) atoms. The van der Waals surface area contributed by atoms with Crippen LogP contribution in [-0.2, 0) is 0 Å². The van der Waals surface area contributed by atoms with Crippen molar-refractivity contribution < 1.29 is 14.0 Å². The van der Waals surface area contributed by atoms with Crippen molar-refractivity contribution >= 4 is 34.6 Å². The summed E-state index contributed by atoms with van der Waals surface area (Å²) < 4.78 is 13.8. The van der Waals surface area contributed by atoms with Crippen LogP contribution in [0.4, 0.5) is 20.6 Å². The summed E-state index contributed by atoms with van der Waals surface area (Å²) in [5.41, 5.74) is 1.96. The lowest BCUT2D eigenvalue weighted by Gasteiger charge is -2.31. The topological polar surface area (TPSA) is 87.2 Å². The summed E-state index contributed by atoms with van der Waals surface area (Å²) in [6.45, 7) is 3.00. The van der Waals surface area contributed by atoms with Gasteiger partial charge < -0.3 is 15.5 Å². The number of aryl methyl sites for hydroxylation is 1. The van der Waals surface area contributed by atoms with Gasteiger partial charge in [0.25, 0.3) is 5.91 Å². The number of urea groups is 1. The standard InChI is InChI=1S/C22H22FN5O2S/c1-14-8-10-16(11-9-14)24-19(29)21-27-26-20(31-21)15-5-4-12-28(13-15)22(30)25-18-7-3-2-6-17(18)23/h2-3,6-11,15H,4-5,12-13H2,1H3,(H,24,29)(H,25,30). The quantitative estimate of drug-likeness (QED) is 0.620. The molecular formula is C22H22FN5O2S. The Balaban J connectivity index is 1.39. The molecule has 1 aromatic heterocycles. The van der Waals surface area contributed by atoms with Crippen molar-refractivity contribution in [1.29, 1.82) is 0 Å². The number of para-hydroxylation sites is 1. The van der Waals surface area contributed by atoms with Gasteiger partial charge in [0.1, 0.15) is 10.8 Å². The number of anilines is 2. The smallest absolute Gasteiger partial charge is 0.321 e. The molecule has 2 aromatic carbocycles. The van der Waals surface area contributed by atoms with Crippen LogP contribution in [0.3, 0.4) is 0 Å². The van der Waals surface area contributed by atoms with Crippen molar-refractivity contribution in [3.63, 3.8) is 0 Å². The Morgan fingerprint density at radius 2 is 1.87 bits per heavy atom. The summed E-state index contributed by atoms with van der Waals surface area (Å²) in [4.78, 5) is 26.7. The number of aromatic nitrogens is 2. The lowest BCUT2D eigenvalue weighted by atomic mass is 9.99. The third-order valence-electron chi connectivity index (χ3n) is 5.12. The van der Waals surface area contributed by atoms with Gasteiger partial charge in [-0.2, -0.15) is 0 Å². The first kappa shape index (κ1) is 20.9. The second kappa shape index (κ2) is 9.22. The average Bonchev–Trinajstić information content (AvgIpc) is 3.28. The van der Waals surface area contributed by atoms with Gasteiger partial charge in [-0.25, -0.2) is 9.18 Å². The number of halogens is 1. The number of nitrogens with one attached hydrogen (secondary N) is 2. The van der Waals surface area contributed by atoms with E-state index in [9.17, 15) is 14.0 Å². The number of benzene rings is 2. The molecule has 1 saturated heterocycles. The molecule has 4 rings (SSSR count). The lowest BCUT2D eigenvalue weighted by molar-refractivity contribution is 0.102. The van der Waals surface area contributed by atoms with Gasteiger partial charge in [0.2, 0.25) is 5.01 Å². The molecule has 0 radical (unpaired) electrons. The van der Waals surface area contributed by atoms with Crippen LogP contribution in [0.25, 0.3) is 0 Å². The van der Waals surface area contributed by atoms with Crippen LogP contribution in [0.15, 0.2) is 48.5 Å². The molecule has 0 saturated carbocycles. The minimum Gasteiger partial charge on any atom is -0.324 e. The summed E-state index contributed by atoms with van der Waals surface area (Å²) in [6.07, 6.45) is 1.64. The molecule has 1 unspecified atom stereocenters. The number of carbonyl (C=O) groups is 2. The van der Waals surface area contributed by atoms with Crippen LogP contribution in [0.2, 0.25) is 0 Å². The second-order valence-electron chi connectivity index (χ2n) is 7.46. The van der Waals surface area contributed by atoms with Crippen molar-refractivity contribution in [2.75, 3.05) is 23.7 Å². The van der Waals surface area contributed by atoms with Crippen molar-refractivity contribution in [2.45, 2.75) is 25.7 Å². The van der Waals surface area contributed by atoms with E-state index in [0.29, 0.717) is 18.8 Å². The molecule has 3 aromatic rings. The van der Waals surface area contributed by atoms with Crippen LogP contribution in [0.5, 0.6) is 0 Å². The molecule has 9 heteroatoms. The SMILES string of the molecule is Cc1ccc(NC(=O)c2nnc(C3CCCN(C(=O)Nc4ccccc4F)C3)s2)cc1. The van der Waals surface area contributed by atoms with Gasteiger partial charge in [0, 0.05) is 24.7 Å². The monoisotopic (exact) mass is 439 g/mol. The predicted octanol–water partition coefficient (Wildman–Crippen LogP) is 4.65. The molecule has 3 amide bonds. The Bertz CT molecular complexity index is 1090. The van der Waals surface area contributed by atoms with Gasteiger partial charge in [-0.1, -0.05) is 41.2 Å².